The van der Waals surface area contributed by atoms with Gasteiger partial charge in [-0.05, 0) is 40.6 Å². The first-order valence-corrected chi connectivity index (χ1v) is 8.35. The number of benzene rings is 2. The average molecular weight is 312 g/mol. The van der Waals surface area contributed by atoms with Crippen LogP contribution in [0.2, 0.25) is 0 Å². The normalized spacial score (nSPS) is 11.9. The smallest absolute Gasteiger partial charge is 0.243 e. The van der Waals surface area contributed by atoms with E-state index in [1.54, 1.807) is 31.6 Å². The number of aromatic nitrogens is 1. The minimum Gasteiger partial charge on any atom is -0.265 e. The third-order valence-electron chi connectivity index (χ3n) is 3.58. The molecule has 112 valence electrons. The second-order valence-electron chi connectivity index (χ2n) is 5.13. The number of hydrogen-bond acceptors (Lipinski definition) is 3. The maximum Gasteiger partial charge on any atom is 0.243 e. The van der Waals surface area contributed by atoms with Crippen LogP contribution in [-0.4, -0.2) is 24.8 Å². The molecule has 0 saturated heterocycles. The van der Waals surface area contributed by atoms with Crippen molar-refractivity contribution in [3.63, 3.8) is 0 Å². The van der Waals surface area contributed by atoms with Crippen LogP contribution in [0.5, 0.6) is 0 Å². The largest absolute Gasteiger partial charge is 0.265 e. The van der Waals surface area contributed by atoms with Gasteiger partial charge in [-0.15, -0.1) is 0 Å². The molecule has 2 aromatic carbocycles. The highest BCUT2D eigenvalue weighted by Gasteiger charge is 2.21. The lowest BCUT2D eigenvalue weighted by Crippen LogP contribution is -2.26. The van der Waals surface area contributed by atoms with E-state index in [0.717, 1.165) is 16.3 Å². The standard InChI is InChI=1S/C17H16N2O2S/c1-19(13-14-8-10-18-11-9-14)22(20,21)17-7-6-15-4-2-3-5-16(15)12-17/h2-12H,13H2,1H3. The van der Waals surface area contributed by atoms with Gasteiger partial charge in [-0.2, -0.15) is 4.31 Å². The van der Waals surface area contributed by atoms with Crippen molar-refractivity contribution in [2.24, 2.45) is 0 Å². The van der Waals surface area contributed by atoms with Crippen molar-refractivity contribution in [1.29, 1.82) is 0 Å². The molecule has 0 bridgehead atoms. The van der Waals surface area contributed by atoms with Crippen LogP contribution in [0.15, 0.2) is 71.9 Å². The molecule has 0 amide bonds. The van der Waals surface area contributed by atoms with Crippen LogP contribution >= 0.6 is 0 Å². The Labute approximate surface area is 130 Å². The second kappa shape index (κ2) is 5.87. The van der Waals surface area contributed by atoms with Crippen LogP contribution in [0.1, 0.15) is 5.56 Å². The SMILES string of the molecule is CN(Cc1ccncc1)S(=O)(=O)c1ccc2ccccc2c1. The molecule has 0 spiro atoms. The summed E-state index contributed by atoms with van der Waals surface area (Å²) in [5, 5.41) is 1.94. The summed E-state index contributed by atoms with van der Waals surface area (Å²) in [4.78, 5) is 4.25. The predicted molar refractivity (Wildman–Crippen MR) is 86.8 cm³/mol. The third-order valence-corrected chi connectivity index (χ3v) is 5.38. The average Bonchev–Trinajstić information content (AvgIpc) is 2.55. The third kappa shape index (κ3) is 2.86. The van der Waals surface area contributed by atoms with E-state index >= 15 is 0 Å². The molecule has 0 unspecified atom stereocenters. The van der Waals surface area contributed by atoms with Gasteiger partial charge in [-0.3, -0.25) is 4.98 Å². The lowest BCUT2D eigenvalue weighted by atomic mass is 10.1. The molecule has 1 aromatic heterocycles. The molecular weight excluding hydrogens is 296 g/mol. The Morgan fingerprint density at radius 1 is 0.955 bits per heavy atom. The van der Waals surface area contributed by atoms with Gasteiger partial charge in [0.05, 0.1) is 4.90 Å². The highest BCUT2D eigenvalue weighted by Crippen LogP contribution is 2.22. The fourth-order valence-electron chi connectivity index (χ4n) is 2.34. The first-order valence-electron chi connectivity index (χ1n) is 6.91. The Kier molecular flexibility index (Phi) is 3.92. The van der Waals surface area contributed by atoms with Crippen molar-refractivity contribution in [2.45, 2.75) is 11.4 Å². The molecular formula is C17H16N2O2S. The summed E-state index contributed by atoms with van der Waals surface area (Å²) in [6, 6.07) is 16.5. The fraction of sp³-hybridized carbons (Fsp3) is 0.118. The highest BCUT2D eigenvalue weighted by atomic mass is 32.2. The van der Waals surface area contributed by atoms with Crippen LogP contribution in [0.25, 0.3) is 10.8 Å². The highest BCUT2D eigenvalue weighted by molar-refractivity contribution is 7.89. The zero-order valence-electron chi connectivity index (χ0n) is 12.2. The monoisotopic (exact) mass is 312 g/mol. The number of pyridine rings is 1. The molecule has 0 saturated carbocycles. The molecule has 22 heavy (non-hydrogen) atoms. The van der Waals surface area contributed by atoms with Crippen LogP contribution in [0.3, 0.4) is 0 Å². The summed E-state index contributed by atoms with van der Waals surface area (Å²) >= 11 is 0. The van der Waals surface area contributed by atoms with Gasteiger partial charge in [0.15, 0.2) is 0 Å². The molecule has 3 rings (SSSR count). The molecule has 0 aliphatic heterocycles. The van der Waals surface area contributed by atoms with Crippen molar-refractivity contribution in [3.8, 4) is 0 Å². The molecule has 0 radical (unpaired) electrons. The first-order chi connectivity index (χ1) is 10.6. The summed E-state index contributed by atoms with van der Waals surface area (Å²) in [5.74, 6) is 0. The van der Waals surface area contributed by atoms with Gasteiger partial charge >= 0.3 is 0 Å². The predicted octanol–water partition coefficient (Wildman–Crippen LogP) is 3.06. The Balaban J connectivity index is 1.93. The Morgan fingerprint density at radius 2 is 1.64 bits per heavy atom. The van der Waals surface area contributed by atoms with Crippen molar-refractivity contribution in [3.05, 3.63) is 72.6 Å². The fourth-order valence-corrected chi connectivity index (χ4v) is 3.53. The van der Waals surface area contributed by atoms with Gasteiger partial charge in [-0.25, -0.2) is 8.42 Å². The molecule has 3 aromatic rings. The van der Waals surface area contributed by atoms with Crippen LogP contribution < -0.4 is 0 Å². The summed E-state index contributed by atoms with van der Waals surface area (Å²) in [6.07, 6.45) is 3.32. The van der Waals surface area contributed by atoms with Crippen molar-refractivity contribution in [2.75, 3.05) is 7.05 Å². The van der Waals surface area contributed by atoms with Crippen LogP contribution in [0, 0.1) is 0 Å². The van der Waals surface area contributed by atoms with E-state index in [2.05, 4.69) is 4.98 Å². The van der Waals surface area contributed by atoms with Crippen molar-refractivity contribution >= 4 is 20.8 Å². The Morgan fingerprint density at radius 3 is 2.36 bits per heavy atom. The lowest BCUT2D eigenvalue weighted by Gasteiger charge is -2.17. The van der Waals surface area contributed by atoms with Gasteiger partial charge in [0.25, 0.3) is 0 Å². The quantitative estimate of drug-likeness (QED) is 0.744. The van der Waals surface area contributed by atoms with Crippen molar-refractivity contribution < 1.29 is 8.42 Å². The molecule has 0 atom stereocenters. The topological polar surface area (TPSA) is 50.3 Å². The number of rotatable bonds is 4. The minimum atomic E-state index is -3.52. The maximum atomic E-state index is 12.7. The summed E-state index contributed by atoms with van der Waals surface area (Å²) in [7, 11) is -1.93. The van der Waals surface area contributed by atoms with Gasteiger partial charge < -0.3 is 0 Å². The molecule has 0 aliphatic rings. The van der Waals surface area contributed by atoms with E-state index in [9.17, 15) is 8.42 Å². The van der Waals surface area contributed by atoms with Gasteiger partial charge in [0.2, 0.25) is 10.0 Å². The van der Waals surface area contributed by atoms with Crippen molar-refractivity contribution in [1.82, 2.24) is 9.29 Å². The Hall–Kier alpha value is -2.24. The molecule has 1 heterocycles. The van der Waals surface area contributed by atoms with E-state index < -0.39 is 10.0 Å². The Bertz CT molecular complexity index is 893. The van der Waals surface area contributed by atoms with Crippen LogP contribution in [0.4, 0.5) is 0 Å². The van der Waals surface area contributed by atoms with E-state index in [4.69, 9.17) is 0 Å². The maximum absolute atomic E-state index is 12.7. The zero-order valence-corrected chi connectivity index (χ0v) is 13.0. The van der Waals surface area contributed by atoms with Gasteiger partial charge in [-0.1, -0.05) is 30.3 Å². The lowest BCUT2D eigenvalue weighted by molar-refractivity contribution is 0.466. The second-order valence-corrected chi connectivity index (χ2v) is 7.17. The van der Waals surface area contributed by atoms with Crippen LogP contribution in [-0.2, 0) is 16.6 Å². The van der Waals surface area contributed by atoms with E-state index in [-0.39, 0.29) is 0 Å². The zero-order chi connectivity index (χ0) is 15.6. The first kappa shape index (κ1) is 14.7. The van der Waals surface area contributed by atoms with E-state index in [1.165, 1.54) is 4.31 Å². The number of sulfonamides is 1. The van der Waals surface area contributed by atoms with E-state index in [0.29, 0.717) is 11.4 Å². The van der Waals surface area contributed by atoms with Gasteiger partial charge in [0, 0.05) is 26.0 Å². The molecule has 0 N–H and O–H groups in total. The van der Waals surface area contributed by atoms with E-state index in [1.807, 2.05) is 42.5 Å². The summed E-state index contributed by atoms with van der Waals surface area (Å²) in [6.45, 7) is 0.317. The molecule has 0 fully saturated rings. The summed E-state index contributed by atoms with van der Waals surface area (Å²) < 4.78 is 26.7. The number of fused-ring (bicyclic) bond motifs is 1. The minimum absolute atomic E-state index is 0.308. The summed E-state index contributed by atoms with van der Waals surface area (Å²) in [5.41, 5.74) is 0.905. The number of hydrogen-bond donors (Lipinski definition) is 0. The molecule has 4 nitrogen and oxygen atoms in total. The molecule has 5 heteroatoms. The van der Waals surface area contributed by atoms with Gasteiger partial charge in [0.1, 0.15) is 0 Å². The molecule has 0 aliphatic carbocycles. The number of nitrogens with zero attached hydrogens (tertiary/aromatic N) is 2.